The molecule has 0 radical (unpaired) electrons. The monoisotopic (exact) mass is 170 g/mol. The summed E-state index contributed by atoms with van der Waals surface area (Å²) < 4.78 is 0. The van der Waals surface area contributed by atoms with E-state index in [0.717, 1.165) is 12.0 Å². The lowest BCUT2D eigenvalue weighted by atomic mass is 9.62. The van der Waals surface area contributed by atoms with Crippen LogP contribution in [0.3, 0.4) is 0 Å². The molecule has 0 aromatic carbocycles. The van der Waals surface area contributed by atoms with Crippen LogP contribution in [-0.2, 0) is 0 Å². The Labute approximate surface area is 76.1 Å². The topological polar surface area (TPSA) is 24.1 Å². The minimum atomic E-state index is 0.433. The zero-order valence-corrected chi connectivity index (χ0v) is 8.78. The third-order valence-corrected chi connectivity index (χ3v) is 3.62. The van der Waals surface area contributed by atoms with E-state index >= 15 is 0 Å². The standard InChI is InChI=1S/C10H22N2/c1-5-6-10(12-4)7-9(11-3)8(10)2/h8-9,11-12H,5-7H2,1-4H3/t8-,9-,10?/m0/s1. The van der Waals surface area contributed by atoms with Crippen LogP contribution < -0.4 is 10.6 Å². The summed E-state index contributed by atoms with van der Waals surface area (Å²) >= 11 is 0. The smallest absolute Gasteiger partial charge is 0.0233 e. The van der Waals surface area contributed by atoms with E-state index in [4.69, 9.17) is 0 Å². The van der Waals surface area contributed by atoms with Crippen molar-refractivity contribution in [3.8, 4) is 0 Å². The Morgan fingerprint density at radius 2 is 2.08 bits per heavy atom. The molecule has 1 aliphatic rings. The first kappa shape index (κ1) is 10.0. The first-order valence-electron chi connectivity index (χ1n) is 5.06. The van der Waals surface area contributed by atoms with E-state index in [0.29, 0.717) is 5.54 Å². The summed E-state index contributed by atoms with van der Waals surface area (Å²) in [5, 5.41) is 6.85. The van der Waals surface area contributed by atoms with Gasteiger partial charge in [0.15, 0.2) is 0 Å². The molecule has 72 valence electrons. The summed E-state index contributed by atoms with van der Waals surface area (Å²) in [6, 6.07) is 0.726. The summed E-state index contributed by atoms with van der Waals surface area (Å²) in [6.07, 6.45) is 3.87. The van der Waals surface area contributed by atoms with E-state index < -0.39 is 0 Å². The highest BCUT2D eigenvalue weighted by Gasteiger charge is 2.48. The maximum atomic E-state index is 3.49. The average Bonchev–Trinajstić information content (AvgIpc) is 2.10. The normalized spacial score (nSPS) is 41.0. The van der Waals surface area contributed by atoms with Gasteiger partial charge in [0, 0.05) is 11.6 Å². The highest BCUT2D eigenvalue weighted by atomic mass is 15.0. The molecule has 1 aliphatic carbocycles. The van der Waals surface area contributed by atoms with E-state index in [9.17, 15) is 0 Å². The van der Waals surface area contributed by atoms with Crippen LogP contribution in [0.2, 0.25) is 0 Å². The summed E-state index contributed by atoms with van der Waals surface area (Å²) in [6.45, 7) is 4.61. The lowest BCUT2D eigenvalue weighted by Crippen LogP contribution is -2.66. The Bertz CT molecular complexity index is 147. The maximum Gasteiger partial charge on any atom is 0.0233 e. The van der Waals surface area contributed by atoms with Crippen molar-refractivity contribution in [1.82, 2.24) is 10.6 Å². The predicted octanol–water partition coefficient (Wildman–Crippen LogP) is 1.37. The van der Waals surface area contributed by atoms with Crippen molar-refractivity contribution >= 4 is 0 Å². The van der Waals surface area contributed by atoms with Crippen LogP contribution in [0.15, 0.2) is 0 Å². The van der Waals surface area contributed by atoms with Crippen LogP contribution in [0, 0.1) is 5.92 Å². The van der Waals surface area contributed by atoms with Gasteiger partial charge < -0.3 is 10.6 Å². The van der Waals surface area contributed by atoms with Crippen LogP contribution in [-0.4, -0.2) is 25.7 Å². The molecule has 1 saturated carbocycles. The van der Waals surface area contributed by atoms with Gasteiger partial charge in [-0.15, -0.1) is 0 Å². The SMILES string of the molecule is CCCC1(NC)C[C@H](NC)[C@@H]1C. The lowest BCUT2D eigenvalue weighted by molar-refractivity contribution is 0.0489. The number of hydrogen-bond acceptors (Lipinski definition) is 2. The molecule has 0 aromatic rings. The van der Waals surface area contributed by atoms with Gasteiger partial charge in [-0.25, -0.2) is 0 Å². The summed E-state index contributed by atoms with van der Waals surface area (Å²) in [5.74, 6) is 0.771. The van der Waals surface area contributed by atoms with Gasteiger partial charge in [-0.1, -0.05) is 20.3 Å². The van der Waals surface area contributed by atoms with Gasteiger partial charge in [0.2, 0.25) is 0 Å². The molecule has 0 aromatic heterocycles. The first-order valence-corrected chi connectivity index (χ1v) is 5.06. The molecule has 0 saturated heterocycles. The van der Waals surface area contributed by atoms with Crippen molar-refractivity contribution in [1.29, 1.82) is 0 Å². The Kier molecular flexibility index (Phi) is 3.13. The van der Waals surface area contributed by atoms with Crippen LogP contribution >= 0.6 is 0 Å². The number of nitrogens with one attached hydrogen (secondary N) is 2. The van der Waals surface area contributed by atoms with Crippen LogP contribution in [0.25, 0.3) is 0 Å². The molecule has 12 heavy (non-hydrogen) atoms. The molecule has 2 nitrogen and oxygen atoms in total. The quantitative estimate of drug-likeness (QED) is 0.666. The van der Waals surface area contributed by atoms with E-state index in [1.54, 1.807) is 0 Å². The van der Waals surface area contributed by atoms with Gasteiger partial charge in [-0.05, 0) is 32.9 Å². The molecular weight excluding hydrogens is 148 g/mol. The van der Waals surface area contributed by atoms with Gasteiger partial charge in [0.1, 0.15) is 0 Å². The van der Waals surface area contributed by atoms with Crippen molar-refractivity contribution in [2.45, 2.75) is 44.7 Å². The molecule has 2 N–H and O–H groups in total. The molecule has 1 rings (SSSR count). The Morgan fingerprint density at radius 1 is 1.42 bits per heavy atom. The first-order chi connectivity index (χ1) is 5.70. The van der Waals surface area contributed by atoms with Crippen molar-refractivity contribution in [2.75, 3.05) is 14.1 Å². The summed E-state index contributed by atoms with van der Waals surface area (Å²) in [5.41, 5.74) is 0.433. The Hall–Kier alpha value is -0.0800. The van der Waals surface area contributed by atoms with Crippen LogP contribution in [0.4, 0.5) is 0 Å². The third-order valence-electron chi connectivity index (χ3n) is 3.62. The lowest BCUT2D eigenvalue weighted by Gasteiger charge is -2.54. The second-order valence-corrected chi connectivity index (χ2v) is 4.04. The molecule has 3 atom stereocenters. The largest absolute Gasteiger partial charge is 0.317 e. The van der Waals surface area contributed by atoms with Crippen molar-refractivity contribution in [3.63, 3.8) is 0 Å². The summed E-state index contributed by atoms with van der Waals surface area (Å²) in [7, 11) is 4.16. The van der Waals surface area contributed by atoms with E-state index in [1.807, 2.05) is 0 Å². The highest BCUT2D eigenvalue weighted by Crippen LogP contribution is 2.41. The Morgan fingerprint density at radius 3 is 2.42 bits per heavy atom. The van der Waals surface area contributed by atoms with Crippen LogP contribution in [0.1, 0.15) is 33.1 Å². The van der Waals surface area contributed by atoms with Gasteiger partial charge >= 0.3 is 0 Å². The minimum absolute atomic E-state index is 0.433. The molecule has 1 unspecified atom stereocenters. The molecule has 0 spiro atoms. The number of rotatable bonds is 4. The second-order valence-electron chi connectivity index (χ2n) is 4.04. The van der Waals surface area contributed by atoms with Crippen LogP contribution in [0.5, 0.6) is 0 Å². The molecule has 2 heteroatoms. The third kappa shape index (κ3) is 1.38. The molecule has 0 amide bonds. The zero-order chi connectivity index (χ0) is 9.19. The fourth-order valence-electron chi connectivity index (χ4n) is 2.56. The van der Waals surface area contributed by atoms with E-state index in [-0.39, 0.29) is 0 Å². The minimum Gasteiger partial charge on any atom is -0.317 e. The average molecular weight is 170 g/mol. The molecule has 0 aliphatic heterocycles. The fourth-order valence-corrected chi connectivity index (χ4v) is 2.56. The van der Waals surface area contributed by atoms with E-state index in [2.05, 4.69) is 38.6 Å². The van der Waals surface area contributed by atoms with Gasteiger partial charge in [0.25, 0.3) is 0 Å². The van der Waals surface area contributed by atoms with Gasteiger partial charge in [0.05, 0.1) is 0 Å². The fraction of sp³-hybridized carbons (Fsp3) is 1.00. The van der Waals surface area contributed by atoms with Crippen molar-refractivity contribution in [3.05, 3.63) is 0 Å². The molecule has 0 heterocycles. The summed E-state index contributed by atoms with van der Waals surface area (Å²) in [4.78, 5) is 0. The second kappa shape index (κ2) is 3.75. The van der Waals surface area contributed by atoms with Crippen molar-refractivity contribution < 1.29 is 0 Å². The molecule has 1 fully saturated rings. The number of hydrogen-bond donors (Lipinski definition) is 2. The van der Waals surface area contributed by atoms with E-state index in [1.165, 1.54) is 19.3 Å². The Balaban J connectivity index is 2.50. The predicted molar refractivity (Wildman–Crippen MR) is 53.3 cm³/mol. The van der Waals surface area contributed by atoms with Gasteiger partial charge in [-0.2, -0.15) is 0 Å². The zero-order valence-electron chi connectivity index (χ0n) is 8.78. The highest BCUT2D eigenvalue weighted by molar-refractivity contribution is 5.08. The van der Waals surface area contributed by atoms with Gasteiger partial charge in [-0.3, -0.25) is 0 Å². The molecule has 0 bridgehead atoms. The maximum absolute atomic E-state index is 3.49. The van der Waals surface area contributed by atoms with Crippen molar-refractivity contribution in [2.24, 2.45) is 5.92 Å². The molecular formula is C10H22N2.